The van der Waals surface area contributed by atoms with Crippen molar-refractivity contribution in [3.05, 3.63) is 21.9 Å². The fourth-order valence-corrected chi connectivity index (χ4v) is 3.55. The first kappa shape index (κ1) is 13.8. The third kappa shape index (κ3) is 3.42. The summed E-state index contributed by atoms with van der Waals surface area (Å²) in [6.45, 7) is 6.00. The Balaban J connectivity index is 1.99. The Morgan fingerprint density at radius 1 is 1.39 bits per heavy atom. The fourth-order valence-electron chi connectivity index (χ4n) is 2.75. The second-order valence-corrected chi connectivity index (χ2v) is 6.50. The molecule has 1 aromatic rings. The van der Waals surface area contributed by atoms with Crippen molar-refractivity contribution in [1.82, 2.24) is 4.90 Å². The largest absolute Gasteiger partial charge is 0.293 e. The highest BCUT2D eigenvalue weighted by Gasteiger charge is 2.22. The highest BCUT2D eigenvalue weighted by Crippen LogP contribution is 2.21. The van der Waals surface area contributed by atoms with Crippen LogP contribution >= 0.6 is 11.3 Å². The van der Waals surface area contributed by atoms with Gasteiger partial charge in [0.25, 0.3) is 0 Å². The zero-order chi connectivity index (χ0) is 13.0. The van der Waals surface area contributed by atoms with E-state index in [1.165, 1.54) is 30.6 Å². The molecule has 1 aromatic heterocycles. The van der Waals surface area contributed by atoms with Crippen LogP contribution in [-0.2, 0) is 0 Å². The molecule has 100 valence electrons. The first-order valence-corrected chi connectivity index (χ1v) is 7.86. The maximum absolute atomic E-state index is 12.3. The molecule has 1 saturated heterocycles. The number of likely N-dealkylation sites (tertiary alicyclic amines) is 1. The van der Waals surface area contributed by atoms with Crippen LogP contribution in [0.3, 0.4) is 0 Å². The summed E-state index contributed by atoms with van der Waals surface area (Å²) in [7, 11) is 0. The third-order valence-electron chi connectivity index (χ3n) is 3.83. The molecular formula is C15H23NOS. The van der Waals surface area contributed by atoms with E-state index in [2.05, 4.69) is 18.7 Å². The molecule has 0 spiro atoms. The van der Waals surface area contributed by atoms with E-state index in [1.54, 1.807) is 11.3 Å². The van der Waals surface area contributed by atoms with Crippen molar-refractivity contribution < 1.29 is 4.79 Å². The molecule has 1 atom stereocenters. The lowest BCUT2D eigenvalue weighted by molar-refractivity contribution is 0.0894. The molecule has 0 bridgehead atoms. The number of hydrogen-bond acceptors (Lipinski definition) is 3. The Hall–Kier alpha value is -0.670. The number of carbonyl (C=O) groups excluding carboxylic acids is 1. The summed E-state index contributed by atoms with van der Waals surface area (Å²) >= 11 is 1.62. The molecule has 1 aliphatic heterocycles. The molecule has 0 radical (unpaired) electrons. The van der Waals surface area contributed by atoms with Crippen LogP contribution in [0.15, 0.2) is 12.1 Å². The minimum Gasteiger partial charge on any atom is -0.293 e. The smallest absolute Gasteiger partial charge is 0.186 e. The van der Waals surface area contributed by atoms with Crippen LogP contribution in [0, 0.1) is 6.92 Å². The summed E-state index contributed by atoms with van der Waals surface area (Å²) in [6, 6.07) is 4.62. The predicted octanol–water partition coefficient (Wildman–Crippen LogP) is 3.89. The van der Waals surface area contributed by atoms with Crippen molar-refractivity contribution in [3.8, 4) is 0 Å². The lowest BCUT2D eigenvalue weighted by Crippen LogP contribution is -2.38. The fraction of sp³-hybridized carbons (Fsp3) is 0.667. The van der Waals surface area contributed by atoms with Gasteiger partial charge >= 0.3 is 0 Å². The van der Waals surface area contributed by atoms with E-state index in [1.807, 2.05) is 12.1 Å². The number of ketones is 1. The van der Waals surface area contributed by atoms with Gasteiger partial charge in [0.1, 0.15) is 0 Å². The van der Waals surface area contributed by atoms with Gasteiger partial charge in [-0.25, -0.2) is 0 Å². The maximum Gasteiger partial charge on any atom is 0.186 e. The Morgan fingerprint density at radius 3 is 2.89 bits per heavy atom. The van der Waals surface area contributed by atoms with E-state index in [4.69, 9.17) is 0 Å². The van der Waals surface area contributed by atoms with Crippen molar-refractivity contribution in [1.29, 1.82) is 0 Å². The van der Waals surface area contributed by atoms with Gasteiger partial charge in [0.15, 0.2) is 5.78 Å². The Kier molecular flexibility index (Phi) is 4.95. The molecule has 0 N–H and O–H groups in total. The summed E-state index contributed by atoms with van der Waals surface area (Å²) in [5, 5.41) is 0. The van der Waals surface area contributed by atoms with E-state index in [0.717, 1.165) is 17.8 Å². The predicted molar refractivity (Wildman–Crippen MR) is 77.5 cm³/mol. The van der Waals surface area contributed by atoms with E-state index in [-0.39, 0.29) is 0 Å². The molecule has 1 unspecified atom stereocenters. The molecule has 0 aliphatic carbocycles. The van der Waals surface area contributed by atoms with Crippen LogP contribution < -0.4 is 0 Å². The standard InChI is InChI=1S/C15H23NOS/c1-3-13-7-5-4-6-10-16(13)11-14(17)15-9-8-12(2)18-15/h8-9,13H,3-7,10-11H2,1-2H3. The van der Waals surface area contributed by atoms with Crippen LogP contribution in [0.4, 0.5) is 0 Å². The van der Waals surface area contributed by atoms with Gasteiger partial charge in [0.2, 0.25) is 0 Å². The number of nitrogens with zero attached hydrogens (tertiary/aromatic N) is 1. The van der Waals surface area contributed by atoms with Gasteiger partial charge < -0.3 is 0 Å². The maximum atomic E-state index is 12.3. The number of aryl methyl sites for hydroxylation is 1. The summed E-state index contributed by atoms with van der Waals surface area (Å²) in [4.78, 5) is 16.8. The molecule has 2 nitrogen and oxygen atoms in total. The molecule has 0 saturated carbocycles. The van der Waals surface area contributed by atoms with Crippen molar-refractivity contribution in [2.75, 3.05) is 13.1 Å². The molecule has 1 fully saturated rings. The Morgan fingerprint density at radius 2 is 2.22 bits per heavy atom. The van der Waals surface area contributed by atoms with Crippen LogP contribution in [0.2, 0.25) is 0 Å². The monoisotopic (exact) mass is 265 g/mol. The van der Waals surface area contributed by atoms with Crippen molar-refractivity contribution in [3.63, 3.8) is 0 Å². The second kappa shape index (κ2) is 6.48. The summed E-state index contributed by atoms with van der Waals surface area (Å²) in [5.74, 6) is 0.299. The minimum absolute atomic E-state index is 0.299. The zero-order valence-electron chi connectivity index (χ0n) is 11.4. The van der Waals surface area contributed by atoms with Crippen LogP contribution in [0.25, 0.3) is 0 Å². The molecular weight excluding hydrogens is 242 g/mol. The van der Waals surface area contributed by atoms with E-state index < -0.39 is 0 Å². The van der Waals surface area contributed by atoms with Gasteiger partial charge in [-0.2, -0.15) is 0 Å². The molecule has 18 heavy (non-hydrogen) atoms. The van der Waals surface area contributed by atoms with Gasteiger partial charge in [-0.15, -0.1) is 11.3 Å². The molecule has 2 heterocycles. The van der Waals surface area contributed by atoms with Gasteiger partial charge in [-0.1, -0.05) is 19.8 Å². The number of Topliss-reactive ketones (excluding diaryl/α,β-unsaturated/α-hetero) is 1. The average Bonchev–Trinajstić information content (AvgIpc) is 2.67. The van der Waals surface area contributed by atoms with Crippen LogP contribution in [0.5, 0.6) is 0 Å². The summed E-state index contributed by atoms with van der Waals surface area (Å²) in [5.41, 5.74) is 0. The summed E-state index contributed by atoms with van der Waals surface area (Å²) in [6.07, 6.45) is 6.30. The lowest BCUT2D eigenvalue weighted by atomic mass is 10.1. The summed E-state index contributed by atoms with van der Waals surface area (Å²) < 4.78 is 0. The van der Waals surface area contributed by atoms with Crippen molar-refractivity contribution in [2.24, 2.45) is 0 Å². The average molecular weight is 265 g/mol. The van der Waals surface area contributed by atoms with Gasteiger partial charge in [0, 0.05) is 10.9 Å². The van der Waals surface area contributed by atoms with Crippen molar-refractivity contribution >= 4 is 17.1 Å². The highest BCUT2D eigenvalue weighted by molar-refractivity contribution is 7.14. The van der Waals surface area contributed by atoms with Crippen LogP contribution in [-0.4, -0.2) is 29.8 Å². The van der Waals surface area contributed by atoms with E-state index in [9.17, 15) is 4.79 Å². The number of hydrogen-bond donors (Lipinski definition) is 0. The molecule has 2 rings (SSSR count). The molecule has 3 heteroatoms. The third-order valence-corrected chi connectivity index (χ3v) is 4.87. The number of carbonyl (C=O) groups is 1. The molecule has 0 aromatic carbocycles. The molecule has 0 amide bonds. The topological polar surface area (TPSA) is 20.3 Å². The van der Waals surface area contributed by atoms with Gasteiger partial charge in [-0.05, 0) is 44.9 Å². The van der Waals surface area contributed by atoms with Gasteiger partial charge in [-0.3, -0.25) is 9.69 Å². The van der Waals surface area contributed by atoms with Crippen LogP contribution in [0.1, 0.15) is 53.6 Å². The first-order valence-electron chi connectivity index (χ1n) is 7.04. The number of rotatable bonds is 4. The van der Waals surface area contributed by atoms with E-state index in [0.29, 0.717) is 18.4 Å². The Bertz CT molecular complexity index is 399. The van der Waals surface area contributed by atoms with Gasteiger partial charge in [0.05, 0.1) is 11.4 Å². The number of thiophene rings is 1. The lowest BCUT2D eigenvalue weighted by Gasteiger charge is -2.28. The highest BCUT2D eigenvalue weighted by atomic mass is 32.1. The quantitative estimate of drug-likeness (QED) is 0.770. The minimum atomic E-state index is 0.299. The first-order chi connectivity index (χ1) is 8.70. The molecule has 1 aliphatic rings. The second-order valence-electron chi connectivity index (χ2n) is 5.22. The normalized spacial score (nSPS) is 21.8. The van der Waals surface area contributed by atoms with E-state index >= 15 is 0 Å². The van der Waals surface area contributed by atoms with Crippen molar-refractivity contribution in [2.45, 2.75) is 52.0 Å². The SMILES string of the molecule is CCC1CCCCCN1CC(=O)c1ccc(C)s1. The Labute approximate surface area is 114 Å². The zero-order valence-corrected chi connectivity index (χ0v) is 12.3.